The van der Waals surface area contributed by atoms with E-state index in [4.69, 9.17) is 0 Å². The van der Waals surface area contributed by atoms with Gasteiger partial charge in [-0.1, -0.05) is 30.1 Å². The summed E-state index contributed by atoms with van der Waals surface area (Å²) < 4.78 is 0. The number of benzene rings is 2. The minimum atomic E-state index is 0.206. The van der Waals surface area contributed by atoms with Gasteiger partial charge in [0.2, 0.25) is 0 Å². The molecule has 0 bridgehead atoms. The minimum absolute atomic E-state index is 0.206. The lowest BCUT2D eigenvalue weighted by molar-refractivity contribution is 0.463. The van der Waals surface area contributed by atoms with Crippen molar-refractivity contribution in [3.63, 3.8) is 0 Å². The predicted molar refractivity (Wildman–Crippen MR) is 76.1 cm³/mol. The average molecular weight is 250 g/mol. The van der Waals surface area contributed by atoms with E-state index in [-0.39, 0.29) is 5.75 Å². The standard InChI is InChI=1S/C14H13BN3O/c1-9-6-10(8-15)7-13(14(9)19)18-16-11-4-2-3-5-12(11)17-18/h2-7,15,19H,8H2,1H3. The van der Waals surface area contributed by atoms with Gasteiger partial charge in [-0.05, 0) is 30.7 Å². The van der Waals surface area contributed by atoms with E-state index in [1.165, 1.54) is 4.80 Å². The van der Waals surface area contributed by atoms with Crippen LogP contribution in [-0.2, 0) is 6.32 Å². The molecule has 0 saturated heterocycles. The quantitative estimate of drug-likeness (QED) is 0.706. The number of hydrogen-bond acceptors (Lipinski definition) is 3. The van der Waals surface area contributed by atoms with Crippen molar-refractivity contribution in [3.8, 4) is 11.4 Å². The first-order chi connectivity index (χ1) is 9.19. The summed E-state index contributed by atoms with van der Waals surface area (Å²) in [7, 11) is 3.87. The van der Waals surface area contributed by atoms with Crippen LogP contribution in [0.1, 0.15) is 11.1 Å². The Morgan fingerprint density at radius 3 is 2.37 bits per heavy atom. The molecular weight excluding hydrogens is 237 g/mol. The van der Waals surface area contributed by atoms with Gasteiger partial charge in [0.25, 0.3) is 0 Å². The Kier molecular flexibility index (Phi) is 2.74. The SMILES string of the molecule is [BH]Cc1cc(C)c(O)c(-n2nc3ccccc3n2)c1. The van der Waals surface area contributed by atoms with Crippen LogP contribution in [0.2, 0.25) is 0 Å². The highest BCUT2D eigenvalue weighted by atomic mass is 16.3. The Balaban J connectivity index is 2.23. The van der Waals surface area contributed by atoms with Crippen molar-refractivity contribution in [3.05, 3.63) is 47.5 Å². The fourth-order valence-corrected chi connectivity index (χ4v) is 2.10. The third-order valence-corrected chi connectivity index (χ3v) is 3.13. The largest absolute Gasteiger partial charge is 0.505 e. The lowest BCUT2D eigenvalue weighted by Crippen LogP contribution is -2.01. The second-order valence-electron chi connectivity index (χ2n) is 4.51. The Labute approximate surface area is 112 Å². The molecule has 19 heavy (non-hydrogen) atoms. The van der Waals surface area contributed by atoms with Gasteiger partial charge < -0.3 is 5.11 Å². The molecule has 3 rings (SSSR count). The maximum Gasteiger partial charge on any atom is 0.146 e. The molecule has 0 aliphatic rings. The zero-order valence-corrected chi connectivity index (χ0v) is 10.7. The van der Waals surface area contributed by atoms with Gasteiger partial charge in [0.15, 0.2) is 0 Å². The van der Waals surface area contributed by atoms with Crippen LogP contribution in [0, 0.1) is 6.92 Å². The van der Waals surface area contributed by atoms with Gasteiger partial charge in [-0.15, -0.1) is 15.0 Å². The van der Waals surface area contributed by atoms with Gasteiger partial charge in [0.05, 0.1) is 7.85 Å². The number of aromatic hydroxyl groups is 1. The van der Waals surface area contributed by atoms with E-state index in [0.29, 0.717) is 12.0 Å². The van der Waals surface area contributed by atoms with E-state index < -0.39 is 0 Å². The lowest BCUT2D eigenvalue weighted by atomic mass is 9.95. The summed E-state index contributed by atoms with van der Waals surface area (Å²) in [6, 6.07) is 11.4. The van der Waals surface area contributed by atoms with E-state index in [1.807, 2.05) is 43.3 Å². The van der Waals surface area contributed by atoms with Crippen molar-refractivity contribution >= 4 is 18.9 Å². The number of aromatic nitrogens is 3. The molecule has 4 nitrogen and oxygen atoms in total. The number of fused-ring (bicyclic) bond motifs is 1. The van der Waals surface area contributed by atoms with Crippen molar-refractivity contribution < 1.29 is 5.11 Å². The maximum atomic E-state index is 10.2. The van der Waals surface area contributed by atoms with E-state index in [9.17, 15) is 5.11 Å². The number of phenols is 1. The van der Waals surface area contributed by atoms with Crippen molar-refractivity contribution in [1.82, 2.24) is 15.0 Å². The Morgan fingerprint density at radius 1 is 1.16 bits per heavy atom. The number of nitrogens with zero attached hydrogens (tertiary/aromatic N) is 3. The predicted octanol–water partition coefficient (Wildman–Crippen LogP) is 1.84. The third-order valence-electron chi connectivity index (χ3n) is 3.13. The van der Waals surface area contributed by atoms with Gasteiger partial charge in [-0.3, -0.25) is 0 Å². The lowest BCUT2D eigenvalue weighted by Gasteiger charge is -2.08. The van der Waals surface area contributed by atoms with Gasteiger partial charge in [0.1, 0.15) is 22.5 Å². The van der Waals surface area contributed by atoms with Crippen molar-refractivity contribution in [1.29, 1.82) is 0 Å². The Morgan fingerprint density at radius 2 is 1.79 bits per heavy atom. The second kappa shape index (κ2) is 4.42. The maximum absolute atomic E-state index is 10.2. The first-order valence-electron chi connectivity index (χ1n) is 6.13. The van der Waals surface area contributed by atoms with E-state index in [2.05, 4.69) is 18.0 Å². The fraction of sp³-hybridized carbons (Fsp3) is 0.143. The molecule has 1 N–H and O–H groups in total. The molecule has 0 aliphatic heterocycles. The summed E-state index contributed by atoms with van der Waals surface area (Å²) >= 11 is 0. The molecule has 0 amide bonds. The minimum Gasteiger partial charge on any atom is -0.505 e. The molecule has 1 heterocycles. The van der Waals surface area contributed by atoms with Crippen molar-refractivity contribution in [2.75, 3.05) is 0 Å². The van der Waals surface area contributed by atoms with E-state index >= 15 is 0 Å². The monoisotopic (exact) mass is 250 g/mol. The smallest absolute Gasteiger partial charge is 0.146 e. The second-order valence-corrected chi connectivity index (χ2v) is 4.51. The molecule has 1 aromatic heterocycles. The van der Waals surface area contributed by atoms with Crippen LogP contribution in [0.4, 0.5) is 0 Å². The number of aryl methyl sites for hydroxylation is 1. The zero-order valence-electron chi connectivity index (χ0n) is 10.7. The zero-order chi connectivity index (χ0) is 13.4. The topological polar surface area (TPSA) is 50.9 Å². The Bertz CT molecular complexity index is 719. The summed E-state index contributed by atoms with van der Waals surface area (Å²) in [5.41, 5.74) is 4.05. The van der Waals surface area contributed by atoms with Gasteiger partial charge in [0, 0.05) is 0 Å². The summed E-state index contributed by atoms with van der Waals surface area (Å²) in [4.78, 5) is 1.48. The molecule has 0 atom stereocenters. The van der Waals surface area contributed by atoms with Gasteiger partial charge in [-0.25, -0.2) is 0 Å². The van der Waals surface area contributed by atoms with E-state index in [0.717, 1.165) is 22.2 Å². The van der Waals surface area contributed by atoms with Crippen LogP contribution in [0.15, 0.2) is 36.4 Å². The normalized spacial score (nSPS) is 11.0. The molecule has 2 aromatic carbocycles. The Hall–Kier alpha value is -2.30. The summed E-state index contributed by atoms with van der Waals surface area (Å²) in [5, 5.41) is 18.9. The molecular formula is C14H13BN3O. The van der Waals surface area contributed by atoms with Crippen molar-refractivity contribution in [2.45, 2.75) is 13.2 Å². The highest BCUT2D eigenvalue weighted by Gasteiger charge is 2.11. The van der Waals surface area contributed by atoms with Crippen LogP contribution < -0.4 is 0 Å². The fourth-order valence-electron chi connectivity index (χ4n) is 2.10. The molecule has 0 unspecified atom stereocenters. The van der Waals surface area contributed by atoms with Crippen LogP contribution >= 0.6 is 0 Å². The summed E-state index contributed by atoms with van der Waals surface area (Å²) in [6.07, 6.45) is 0.662. The highest BCUT2D eigenvalue weighted by Crippen LogP contribution is 2.27. The first kappa shape index (κ1) is 11.8. The van der Waals surface area contributed by atoms with Gasteiger partial charge >= 0.3 is 0 Å². The average Bonchev–Trinajstić information content (AvgIpc) is 2.85. The van der Waals surface area contributed by atoms with Crippen LogP contribution in [0.5, 0.6) is 5.75 Å². The van der Waals surface area contributed by atoms with Crippen LogP contribution in [0.25, 0.3) is 16.7 Å². The number of phenolic OH excluding ortho intramolecular Hbond substituents is 1. The molecule has 0 spiro atoms. The summed E-state index contributed by atoms with van der Waals surface area (Å²) in [6.45, 7) is 1.86. The summed E-state index contributed by atoms with van der Waals surface area (Å²) in [5.74, 6) is 0.206. The molecule has 93 valence electrons. The molecule has 0 fully saturated rings. The van der Waals surface area contributed by atoms with E-state index in [1.54, 1.807) is 0 Å². The van der Waals surface area contributed by atoms with Crippen LogP contribution in [0.3, 0.4) is 0 Å². The molecule has 0 aliphatic carbocycles. The first-order valence-corrected chi connectivity index (χ1v) is 6.13. The third kappa shape index (κ3) is 1.97. The highest BCUT2D eigenvalue weighted by molar-refractivity contribution is 6.08. The molecule has 1 radical (unpaired) electrons. The molecule has 0 saturated carbocycles. The molecule has 5 heteroatoms. The van der Waals surface area contributed by atoms with Crippen LogP contribution in [-0.4, -0.2) is 27.9 Å². The van der Waals surface area contributed by atoms with Crippen molar-refractivity contribution in [2.24, 2.45) is 0 Å². The molecule has 3 aromatic rings. The van der Waals surface area contributed by atoms with Gasteiger partial charge in [-0.2, -0.15) is 0 Å². The number of rotatable bonds is 2. The number of hydrogen-bond donors (Lipinski definition) is 1.